The number of benzene rings is 1. The van der Waals surface area contributed by atoms with Crippen LogP contribution >= 0.6 is 0 Å². The van der Waals surface area contributed by atoms with Crippen LogP contribution in [0.2, 0.25) is 0 Å². The Morgan fingerprint density at radius 2 is 2.07 bits per heavy atom. The normalized spacial score (nSPS) is 27.4. The average Bonchev–Trinajstić information content (AvgIpc) is 2.29. The summed E-state index contributed by atoms with van der Waals surface area (Å²) in [6, 6.07) is 8.71. The van der Waals surface area contributed by atoms with Gasteiger partial charge in [-0.25, -0.2) is 0 Å². The Hall–Kier alpha value is -1.50. The van der Waals surface area contributed by atoms with Crippen LogP contribution in [0.1, 0.15) is 24.5 Å². The molecule has 0 saturated carbocycles. The topological polar surface area (TPSA) is 3.24 Å². The van der Waals surface area contributed by atoms with E-state index in [-0.39, 0.29) is 5.54 Å². The standard InChI is InChI=1S/C14H15N/c1-14-9-4-5-10-15(14)11-8-12-6-2-3-7-13(12)14/h2-8,11H,9-10H2,1H3. The summed E-state index contributed by atoms with van der Waals surface area (Å²) in [4.78, 5) is 2.43. The minimum absolute atomic E-state index is 0.167. The maximum atomic E-state index is 2.43. The largest absolute Gasteiger partial charge is 0.364 e. The van der Waals surface area contributed by atoms with Crippen molar-refractivity contribution in [3.63, 3.8) is 0 Å². The fraction of sp³-hybridized carbons (Fsp3) is 0.286. The Labute approximate surface area is 90.7 Å². The van der Waals surface area contributed by atoms with Gasteiger partial charge in [0.25, 0.3) is 0 Å². The molecule has 0 fully saturated rings. The molecular weight excluding hydrogens is 182 g/mol. The Morgan fingerprint density at radius 3 is 3.00 bits per heavy atom. The van der Waals surface area contributed by atoms with Crippen LogP contribution in [-0.2, 0) is 5.54 Å². The van der Waals surface area contributed by atoms with Gasteiger partial charge in [0.05, 0.1) is 5.54 Å². The lowest BCUT2D eigenvalue weighted by Gasteiger charge is -2.45. The van der Waals surface area contributed by atoms with Gasteiger partial charge in [0, 0.05) is 12.7 Å². The van der Waals surface area contributed by atoms with Crippen molar-refractivity contribution in [1.82, 2.24) is 4.90 Å². The second kappa shape index (κ2) is 2.99. The van der Waals surface area contributed by atoms with Crippen LogP contribution in [-0.4, -0.2) is 11.4 Å². The lowest BCUT2D eigenvalue weighted by Crippen LogP contribution is -2.44. The van der Waals surface area contributed by atoms with E-state index in [1.807, 2.05) is 0 Å². The van der Waals surface area contributed by atoms with E-state index in [0.717, 1.165) is 13.0 Å². The molecule has 0 aromatic heterocycles. The highest BCUT2D eigenvalue weighted by atomic mass is 15.2. The third-order valence-corrected chi connectivity index (χ3v) is 3.59. The van der Waals surface area contributed by atoms with E-state index in [1.165, 1.54) is 11.1 Å². The molecule has 1 aromatic rings. The molecular formula is C14H15N. The maximum Gasteiger partial charge on any atom is 0.0663 e. The van der Waals surface area contributed by atoms with Crippen molar-refractivity contribution in [2.24, 2.45) is 0 Å². The summed E-state index contributed by atoms with van der Waals surface area (Å²) in [5.41, 5.74) is 2.99. The highest BCUT2D eigenvalue weighted by Crippen LogP contribution is 2.40. The van der Waals surface area contributed by atoms with Gasteiger partial charge in [-0.3, -0.25) is 0 Å². The molecule has 0 N–H and O–H groups in total. The van der Waals surface area contributed by atoms with Gasteiger partial charge in [-0.2, -0.15) is 0 Å². The lowest BCUT2D eigenvalue weighted by atomic mass is 9.80. The Balaban J connectivity index is 2.19. The van der Waals surface area contributed by atoms with Crippen molar-refractivity contribution in [2.75, 3.05) is 6.54 Å². The quantitative estimate of drug-likeness (QED) is 0.577. The molecule has 0 radical (unpaired) electrons. The molecule has 0 saturated heterocycles. The van der Waals surface area contributed by atoms with Crippen molar-refractivity contribution < 1.29 is 0 Å². The molecule has 1 heteroatoms. The van der Waals surface area contributed by atoms with Gasteiger partial charge in [0.15, 0.2) is 0 Å². The van der Waals surface area contributed by atoms with Crippen LogP contribution in [0, 0.1) is 0 Å². The first-order valence-electron chi connectivity index (χ1n) is 5.50. The van der Waals surface area contributed by atoms with Crippen molar-refractivity contribution in [1.29, 1.82) is 0 Å². The summed E-state index contributed by atoms with van der Waals surface area (Å²) >= 11 is 0. The minimum Gasteiger partial charge on any atom is -0.364 e. The molecule has 2 heterocycles. The van der Waals surface area contributed by atoms with Gasteiger partial charge in [0.1, 0.15) is 0 Å². The molecule has 0 aliphatic carbocycles. The van der Waals surface area contributed by atoms with Crippen molar-refractivity contribution in [3.8, 4) is 0 Å². The fourth-order valence-electron chi connectivity index (χ4n) is 2.61. The van der Waals surface area contributed by atoms with E-state index in [0.29, 0.717) is 0 Å². The molecule has 0 bridgehead atoms. The third kappa shape index (κ3) is 1.16. The highest BCUT2D eigenvalue weighted by molar-refractivity contribution is 5.59. The van der Waals surface area contributed by atoms with Crippen LogP contribution in [0.15, 0.2) is 42.6 Å². The molecule has 0 amide bonds. The Kier molecular flexibility index (Phi) is 1.75. The molecule has 0 spiro atoms. The summed E-state index contributed by atoms with van der Waals surface area (Å²) in [7, 11) is 0. The summed E-state index contributed by atoms with van der Waals surface area (Å²) in [5, 5.41) is 0. The molecule has 1 nitrogen and oxygen atoms in total. The highest BCUT2D eigenvalue weighted by Gasteiger charge is 2.35. The number of rotatable bonds is 0. The van der Waals surface area contributed by atoms with Crippen LogP contribution in [0.4, 0.5) is 0 Å². The Bertz CT molecular complexity index is 444. The van der Waals surface area contributed by atoms with E-state index >= 15 is 0 Å². The fourth-order valence-corrected chi connectivity index (χ4v) is 2.61. The third-order valence-electron chi connectivity index (χ3n) is 3.59. The molecule has 1 unspecified atom stereocenters. The monoisotopic (exact) mass is 197 g/mol. The molecule has 2 aliphatic rings. The SMILES string of the molecule is CC12CC=CCN1C=Cc1ccccc12. The summed E-state index contributed by atoms with van der Waals surface area (Å²) in [5.74, 6) is 0. The molecule has 2 aliphatic heterocycles. The zero-order valence-corrected chi connectivity index (χ0v) is 8.98. The van der Waals surface area contributed by atoms with Crippen LogP contribution in [0.5, 0.6) is 0 Å². The van der Waals surface area contributed by atoms with Crippen molar-refractivity contribution in [2.45, 2.75) is 18.9 Å². The van der Waals surface area contributed by atoms with E-state index in [1.54, 1.807) is 0 Å². The second-order valence-electron chi connectivity index (χ2n) is 4.50. The van der Waals surface area contributed by atoms with Crippen molar-refractivity contribution in [3.05, 3.63) is 53.7 Å². The first-order valence-corrected chi connectivity index (χ1v) is 5.50. The molecule has 15 heavy (non-hydrogen) atoms. The molecule has 76 valence electrons. The minimum atomic E-state index is 0.167. The molecule has 1 atom stereocenters. The van der Waals surface area contributed by atoms with E-state index in [9.17, 15) is 0 Å². The summed E-state index contributed by atoms with van der Waals surface area (Å²) in [6.45, 7) is 3.36. The van der Waals surface area contributed by atoms with Crippen LogP contribution in [0.3, 0.4) is 0 Å². The van der Waals surface area contributed by atoms with Crippen LogP contribution < -0.4 is 0 Å². The second-order valence-corrected chi connectivity index (χ2v) is 4.50. The molecule has 3 rings (SSSR count). The van der Waals surface area contributed by atoms with Crippen molar-refractivity contribution >= 4 is 6.08 Å². The van der Waals surface area contributed by atoms with Gasteiger partial charge in [-0.15, -0.1) is 0 Å². The number of nitrogens with zero attached hydrogens (tertiary/aromatic N) is 1. The predicted octanol–water partition coefficient (Wildman–Crippen LogP) is 3.15. The molecule has 1 aromatic carbocycles. The van der Waals surface area contributed by atoms with Gasteiger partial charge in [-0.05, 0) is 30.5 Å². The predicted molar refractivity (Wildman–Crippen MR) is 63.3 cm³/mol. The number of fused-ring (bicyclic) bond motifs is 3. The van der Waals surface area contributed by atoms with E-state index in [2.05, 4.69) is 60.5 Å². The Morgan fingerprint density at radius 1 is 1.20 bits per heavy atom. The van der Waals surface area contributed by atoms with Gasteiger partial charge < -0.3 is 4.90 Å². The summed E-state index contributed by atoms with van der Waals surface area (Å²) in [6.07, 6.45) is 10.1. The lowest BCUT2D eigenvalue weighted by molar-refractivity contribution is 0.171. The first kappa shape index (κ1) is 8.78. The number of hydrogen-bond acceptors (Lipinski definition) is 1. The maximum absolute atomic E-state index is 2.43. The number of hydrogen-bond donors (Lipinski definition) is 0. The zero-order chi connectivity index (χ0) is 10.3. The average molecular weight is 197 g/mol. The van der Waals surface area contributed by atoms with Gasteiger partial charge in [0.2, 0.25) is 0 Å². The smallest absolute Gasteiger partial charge is 0.0663 e. The van der Waals surface area contributed by atoms with Gasteiger partial charge in [-0.1, -0.05) is 36.4 Å². The van der Waals surface area contributed by atoms with Gasteiger partial charge >= 0.3 is 0 Å². The van der Waals surface area contributed by atoms with E-state index < -0.39 is 0 Å². The zero-order valence-electron chi connectivity index (χ0n) is 8.98. The first-order chi connectivity index (χ1) is 7.31. The summed E-state index contributed by atoms with van der Waals surface area (Å²) < 4.78 is 0. The van der Waals surface area contributed by atoms with Crippen LogP contribution in [0.25, 0.3) is 6.08 Å². The van der Waals surface area contributed by atoms with E-state index in [4.69, 9.17) is 0 Å².